The first-order valence-electron chi connectivity index (χ1n) is 5.21. The van der Waals surface area contributed by atoms with Gasteiger partial charge >= 0.3 is 5.97 Å². The number of nitrogens with zero attached hydrogens (tertiary/aromatic N) is 1. The molecule has 0 unspecified atom stereocenters. The number of benzene rings is 1. The van der Waals surface area contributed by atoms with Gasteiger partial charge in [0.2, 0.25) is 0 Å². The minimum Gasteiger partial charge on any atom is -0.478 e. The molecule has 0 saturated carbocycles. The summed E-state index contributed by atoms with van der Waals surface area (Å²) in [5.41, 5.74) is 6.82. The molecule has 1 aromatic carbocycles. The lowest BCUT2D eigenvalue weighted by atomic mass is 10.1. The number of hydrogen-bond acceptors (Lipinski definition) is 4. The van der Waals surface area contributed by atoms with E-state index in [-0.39, 0.29) is 5.56 Å². The van der Waals surface area contributed by atoms with Crippen LogP contribution in [-0.2, 0) is 0 Å². The zero-order valence-electron chi connectivity index (χ0n) is 9.90. The molecule has 0 aliphatic heterocycles. The maximum atomic E-state index is 10.6. The zero-order valence-corrected chi connectivity index (χ0v) is 9.90. The fourth-order valence-corrected chi connectivity index (χ4v) is 1.12. The van der Waals surface area contributed by atoms with E-state index in [0.717, 1.165) is 0 Å². The number of rotatable bonds is 3. The Balaban J connectivity index is 0.00000106. The second-order valence-electron chi connectivity index (χ2n) is 2.86. The number of aromatic carboxylic acids is 1. The molecular weight excluding hydrogens is 206 g/mol. The molecule has 0 atom stereocenters. The molecule has 0 bridgehead atoms. The summed E-state index contributed by atoms with van der Waals surface area (Å²) >= 11 is 0. The van der Waals surface area contributed by atoms with Crippen LogP contribution in [0.5, 0.6) is 0 Å². The molecule has 5 N–H and O–H groups in total. The number of carboxylic acid groups (broad SMARTS) is 1. The van der Waals surface area contributed by atoms with E-state index in [1.54, 1.807) is 6.07 Å². The third-order valence-corrected chi connectivity index (χ3v) is 1.92. The molecule has 5 nitrogen and oxygen atoms in total. The van der Waals surface area contributed by atoms with Crippen molar-refractivity contribution in [2.75, 3.05) is 17.3 Å². The van der Waals surface area contributed by atoms with Crippen LogP contribution >= 0.6 is 0 Å². The van der Waals surface area contributed by atoms with Crippen LogP contribution in [0.25, 0.3) is 0 Å². The Labute approximate surface area is 95.6 Å². The van der Waals surface area contributed by atoms with Crippen molar-refractivity contribution in [1.82, 2.24) is 0 Å². The average molecular weight is 225 g/mol. The van der Waals surface area contributed by atoms with Crippen molar-refractivity contribution in [2.45, 2.75) is 20.8 Å². The number of carboxylic acids is 1. The summed E-state index contributed by atoms with van der Waals surface area (Å²) in [6.45, 7) is 6.49. The lowest BCUT2D eigenvalue weighted by molar-refractivity contribution is 0.0697. The van der Waals surface area contributed by atoms with E-state index in [2.05, 4.69) is 0 Å². The highest BCUT2D eigenvalue weighted by molar-refractivity contribution is 5.90. The molecule has 0 fully saturated rings. The molecule has 0 aliphatic carbocycles. The van der Waals surface area contributed by atoms with Crippen LogP contribution in [0.3, 0.4) is 0 Å². The summed E-state index contributed by atoms with van der Waals surface area (Å²) in [5, 5.41) is 10.2. The smallest absolute Gasteiger partial charge is 0.335 e. The summed E-state index contributed by atoms with van der Waals surface area (Å²) in [7, 11) is 0. The Morgan fingerprint density at radius 3 is 2.38 bits per heavy atom. The predicted molar refractivity (Wildman–Crippen MR) is 66.4 cm³/mol. The van der Waals surface area contributed by atoms with Crippen LogP contribution in [0.4, 0.5) is 11.4 Å². The predicted octanol–water partition coefficient (Wildman–Crippen LogP) is 1.69. The van der Waals surface area contributed by atoms with Crippen LogP contribution < -0.4 is 16.6 Å². The topological polar surface area (TPSA) is 92.6 Å². The highest BCUT2D eigenvalue weighted by Gasteiger charge is 2.08. The highest BCUT2D eigenvalue weighted by atomic mass is 16.4. The molecule has 0 spiro atoms. The van der Waals surface area contributed by atoms with Gasteiger partial charge in [0.25, 0.3) is 0 Å². The number of hydrogen-bond donors (Lipinski definition) is 3. The van der Waals surface area contributed by atoms with E-state index in [4.69, 9.17) is 16.7 Å². The van der Waals surface area contributed by atoms with Crippen LogP contribution in [-0.4, -0.2) is 17.6 Å². The van der Waals surface area contributed by atoms with E-state index < -0.39 is 5.97 Å². The van der Waals surface area contributed by atoms with Gasteiger partial charge in [0, 0.05) is 6.54 Å². The van der Waals surface area contributed by atoms with Crippen molar-refractivity contribution in [3.8, 4) is 0 Å². The Morgan fingerprint density at radius 1 is 1.44 bits per heavy atom. The van der Waals surface area contributed by atoms with Gasteiger partial charge in [-0.2, -0.15) is 0 Å². The molecule has 0 aromatic heterocycles. The van der Waals surface area contributed by atoms with E-state index >= 15 is 0 Å². The van der Waals surface area contributed by atoms with Gasteiger partial charge in [-0.1, -0.05) is 13.8 Å². The Bertz CT molecular complexity index is 353. The van der Waals surface area contributed by atoms with Crippen LogP contribution in [0.2, 0.25) is 0 Å². The minimum atomic E-state index is -0.997. The molecule has 0 amide bonds. The fourth-order valence-electron chi connectivity index (χ4n) is 1.12. The van der Waals surface area contributed by atoms with Crippen molar-refractivity contribution in [2.24, 2.45) is 5.84 Å². The number of anilines is 2. The van der Waals surface area contributed by atoms with Gasteiger partial charge in [0.15, 0.2) is 0 Å². The van der Waals surface area contributed by atoms with Crippen molar-refractivity contribution in [3.63, 3.8) is 0 Å². The third-order valence-electron chi connectivity index (χ3n) is 1.92. The number of hydrazine groups is 1. The maximum absolute atomic E-state index is 10.6. The summed E-state index contributed by atoms with van der Waals surface area (Å²) in [6, 6.07) is 4.47. The van der Waals surface area contributed by atoms with Crippen molar-refractivity contribution in [3.05, 3.63) is 23.8 Å². The highest BCUT2D eigenvalue weighted by Crippen LogP contribution is 2.22. The monoisotopic (exact) mass is 225 g/mol. The van der Waals surface area contributed by atoms with E-state index in [1.165, 1.54) is 17.1 Å². The molecule has 0 heterocycles. The van der Waals surface area contributed by atoms with E-state index in [9.17, 15) is 4.79 Å². The number of nitrogens with two attached hydrogens (primary N) is 2. The first-order chi connectivity index (χ1) is 7.56. The van der Waals surface area contributed by atoms with Gasteiger partial charge < -0.3 is 15.8 Å². The second kappa shape index (κ2) is 6.68. The molecule has 0 aliphatic rings. The quantitative estimate of drug-likeness (QED) is 0.413. The van der Waals surface area contributed by atoms with Gasteiger partial charge in [-0.3, -0.25) is 0 Å². The SMILES string of the molecule is CC.CCN(N)c1ccc(C(=O)O)cc1N. The van der Waals surface area contributed by atoms with Gasteiger partial charge in [-0.15, -0.1) is 0 Å². The second-order valence-corrected chi connectivity index (χ2v) is 2.86. The lowest BCUT2D eigenvalue weighted by Gasteiger charge is -2.18. The molecule has 0 saturated heterocycles. The molecule has 1 rings (SSSR count). The van der Waals surface area contributed by atoms with Crippen molar-refractivity contribution < 1.29 is 9.90 Å². The largest absolute Gasteiger partial charge is 0.478 e. The van der Waals surface area contributed by atoms with Gasteiger partial charge in [-0.25, -0.2) is 10.6 Å². The van der Waals surface area contributed by atoms with Crippen molar-refractivity contribution in [1.29, 1.82) is 0 Å². The third kappa shape index (κ3) is 3.43. The van der Waals surface area contributed by atoms with E-state index in [1.807, 2.05) is 20.8 Å². The average Bonchev–Trinajstić information content (AvgIpc) is 2.30. The van der Waals surface area contributed by atoms with Gasteiger partial charge in [0.05, 0.1) is 16.9 Å². The first kappa shape index (κ1) is 14.2. The molecule has 0 radical (unpaired) electrons. The van der Waals surface area contributed by atoms with Gasteiger partial charge in [-0.05, 0) is 25.1 Å². The first-order valence-corrected chi connectivity index (χ1v) is 5.21. The molecule has 5 heteroatoms. The zero-order chi connectivity index (χ0) is 12.7. The summed E-state index contributed by atoms with van der Waals surface area (Å²) in [4.78, 5) is 10.6. The molecular formula is C11H19N3O2. The van der Waals surface area contributed by atoms with Crippen molar-refractivity contribution >= 4 is 17.3 Å². The number of carbonyl (C=O) groups is 1. The lowest BCUT2D eigenvalue weighted by Crippen LogP contribution is -2.31. The normalized spacial score (nSPS) is 9.00. The maximum Gasteiger partial charge on any atom is 0.335 e. The van der Waals surface area contributed by atoms with Gasteiger partial charge in [0.1, 0.15) is 0 Å². The minimum absolute atomic E-state index is 0.163. The number of nitrogen functional groups attached to an aromatic ring is 1. The molecule has 1 aromatic rings. The standard InChI is InChI=1S/C9H13N3O2.C2H6/c1-2-12(11)8-4-3-6(9(13)14)5-7(8)10;1-2/h3-5H,2,10-11H2,1H3,(H,13,14);1-2H3. The molecule has 90 valence electrons. The van der Waals surface area contributed by atoms with E-state index in [0.29, 0.717) is 17.9 Å². The Morgan fingerprint density at radius 2 is 2.00 bits per heavy atom. The Hall–Kier alpha value is -1.75. The fraction of sp³-hybridized carbons (Fsp3) is 0.364. The van der Waals surface area contributed by atoms with Crippen LogP contribution in [0, 0.1) is 0 Å². The Kier molecular flexibility index (Phi) is 5.95. The summed E-state index contributed by atoms with van der Waals surface area (Å²) in [6.07, 6.45) is 0. The summed E-state index contributed by atoms with van der Waals surface area (Å²) < 4.78 is 0. The molecule has 16 heavy (non-hydrogen) atoms. The summed E-state index contributed by atoms with van der Waals surface area (Å²) in [5.74, 6) is 4.63. The van der Waals surface area contributed by atoms with Crippen LogP contribution in [0.15, 0.2) is 18.2 Å². The van der Waals surface area contributed by atoms with Crippen LogP contribution in [0.1, 0.15) is 31.1 Å².